The minimum atomic E-state index is -1.45. The lowest BCUT2D eigenvalue weighted by Gasteiger charge is -2.24. The van der Waals surface area contributed by atoms with Crippen molar-refractivity contribution in [1.29, 1.82) is 0 Å². The molecule has 0 aromatic carbocycles. The van der Waals surface area contributed by atoms with Gasteiger partial charge in [0.2, 0.25) is 0 Å². The Labute approximate surface area is 59.3 Å². The van der Waals surface area contributed by atoms with Crippen LogP contribution in [0.5, 0.6) is 0 Å². The van der Waals surface area contributed by atoms with Crippen molar-refractivity contribution in [1.82, 2.24) is 4.72 Å². The van der Waals surface area contributed by atoms with E-state index in [1.807, 2.05) is 12.5 Å². The van der Waals surface area contributed by atoms with Crippen LogP contribution in [0.4, 0.5) is 0 Å². The second-order valence-corrected chi connectivity index (χ2v) is 5.36. The molecule has 0 radical (unpaired) electrons. The van der Waals surface area contributed by atoms with Gasteiger partial charge in [0.1, 0.15) is 0 Å². The lowest BCUT2D eigenvalue weighted by molar-refractivity contribution is 0.614. The van der Waals surface area contributed by atoms with E-state index in [2.05, 4.69) is 11.6 Å². The van der Waals surface area contributed by atoms with E-state index >= 15 is 0 Å². The van der Waals surface area contributed by atoms with E-state index < -0.39 is 10.5 Å². The molecule has 0 unspecified atom stereocenters. The van der Waals surface area contributed by atoms with E-state index in [1.165, 1.54) is 6.42 Å². The van der Waals surface area contributed by atoms with Crippen molar-refractivity contribution in [2.45, 2.75) is 19.8 Å². The molecule has 0 aromatic rings. The summed E-state index contributed by atoms with van der Waals surface area (Å²) in [5.74, 6) is 0. The van der Waals surface area contributed by atoms with Gasteiger partial charge in [-0.1, -0.05) is 23.8 Å². The molecule has 0 aliphatic carbocycles. The molecule has 9 heavy (non-hydrogen) atoms. The summed E-state index contributed by atoms with van der Waals surface area (Å²) in [6.45, 7) is 3.08. The normalized spacial score (nSPS) is 13.8. The molecule has 0 aromatic heterocycles. The zero-order chi connectivity index (χ0) is 7.33. The van der Waals surface area contributed by atoms with E-state index in [9.17, 15) is 4.55 Å². The molecule has 0 heterocycles. The summed E-state index contributed by atoms with van der Waals surface area (Å²) in [7, 11) is -1.45. The summed E-state index contributed by atoms with van der Waals surface area (Å²) < 4.78 is 12.3. The van der Waals surface area contributed by atoms with Crippen LogP contribution in [-0.4, -0.2) is 23.6 Å². The van der Waals surface area contributed by atoms with Gasteiger partial charge in [-0.3, -0.25) is 4.72 Å². The predicted octanol–water partition coefficient (Wildman–Crippen LogP) is 1.83. The average molecular weight is 151 g/mol. The van der Waals surface area contributed by atoms with E-state index in [1.54, 1.807) is 0 Å². The molecule has 2 N–H and O–H groups in total. The molecule has 0 saturated heterocycles. The van der Waals surface area contributed by atoms with Crippen LogP contribution in [-0.2, 0) is 0 Å². The molecular weight excluding hydrogens is 134 g/mol. The molecule has 3 heteroatoms. The third-order valence-electron chi connectivity index (χ3n) is 0.986. The Hall–Kier alpha value is 0.270. The highest BCUT2D eigenvalue weighted by Crippen LogP contribution is 2.27. The Kier molecular flexibility index (Phi) is 4.27. The van der Waals surface area contributed by atoms with Crippen LogP contribution in [0.3, 0.4) is 0 Å². The lowest BCUT2D eigenvalue weighted by atomic mass is 10.3. The molecule has 0 saturated carbocycles. The smallest absolute Gasteiger partial charge is 0.00623 e. The zero-order valence-corrected chi connectivity index (χ0v) is 7.29. The molecule has 58 valence electrons. The summed E-state index contributed by atoms with van der Waals surface area (Å²) in [6.07, 6.45) is 6.00. The fourth-order valence-corrected chi connectivity index (χ4v) is 1.14. The monoisotopic (exact) mass is 151 g/mol. The minimum Gasteiger partial charge on any atom is -0.339 e. The molecular formula is C6H17NOS. The summed E-state index contributed by atoms with van der Waals surface area (Å²) in [6, 6.07) is 0. The molecule has 0 spiro atoms. The van der Waals surface area contributed by atoms with Crippen LogP contribution in [0.2, 0.25) is 0 Å². The van der Waals surface area contributed by atoms with Crippen molar-refractivity contribution in [2.75, 3.05) is 19.1 Å². The molecule has 0 fully saturated rings. The Morgan fingerprint density at radius 2 is 2.00 bits per heavy atom. The van der Waals surface area contributed by atoms with Crippen molar-refractivity contribution in [3.8, 4) is 0 Å². The quantitative estimate of drug-likeness (QED) is 0.601. The highest BCUT2D eigenvalue weighted by Gasteiger charge is 2.01. The second-order valence-electron chi connectivity index (χ2n) is 2.52. The average Bonchev–Trinajstić information content (AvgIpc) is 1.63. The van der Waals surface area contributed by atoms with Gasteiger partial charge in [-0.05, 0) is 18.9 Å². The van der Waals surface area contributed by atoms with Crippen molar-refractivity contribution in [3.05, 3.63) is 0 Å². The molecule has 0 atom stereocenters. The van der Waals surface area contributed by atoms with Crippen molar-refractivity contribution in [2.24, 2.45) is 0 Å². The fourth-order valence-electron chi connectivity index (χ4n) is 0.499. The Morgan fingerprint density at radius 1 is 1.44 bits per heavy atom. The molecule has 0 rings (SSSR count). The van der Waals surface area contributed by atoms with Crippen molar-refractivity contribution >= 4 is 10.5 Å². The summed E-state index contributed by atoms with van der Waals surface area (Å²) >= 11 is 0. The number of unbranched alkanes of at least 4 members (excludes halogenated alkanes) is 1. The summed E-state index contributed by atoms with van der Waals surface area (Å²) in [4.78, 5) is 0. The summed E-state index contributed by atoms with van der Waals surface area (Å²) in [5, 5.41) is 0. The first-order valence-corrected chi connectivity index (χ1v) is 5.67. The highest BCUT2D eigenvalue weighted by atomic mass is 32.3. The van der Waals surface area contributed by atoms with E-state index in [0.29, 0.717) is 0 Å². The molecule has 0 amide bonds. The van der Waals surface area contributed by atoms with Crippen molar-refractivity contribution < 1.29 is 4.55 Å². The first-order valence-electron chi connectivity index (χ1n) is 3.26. The van der Waals surface area contributed by atoms with E-state index in [-0.39, 0.29) is 0 Å². The van der Waals surface area contributed by atoms with Gasteiger partial charge in [-0.15, -0.1) is 0 Å². The first kappa shape index (κ1) is 9.27. The van der Waals surface area contributed by atoms with Crippen LogP contribution < -0.4 is 4.72 Å². The van der Waals surface area contributed by atoms with E-state index in [0.717, 1.165) is 13.0 Å². The van der Waals surface area contributed by atoms with Crippen LogP contribution in [0.15, 0.2) is 0 Å². The largest absolute Gasteiger partial charge is 0.339 e. The second kappa shape index (κ2) is 4.14. The van der Waals surface area contributed by atoms with Gasteiger partial charge in [-0.2, -0.15) is 0 Å². The lowest BCUT2D eigenvalue weighted by Crippen LogP contribution is -2.18. The van der Waals surface area contributed by atoms with Crippen LogP contribution in [0.25, 0.3) is 0 Å². The SMILES string of the molecule is CCCCNS(C)(C)O. The molecule has 0 aliphatic heterocycles. The maximum Gasteiger partial charge on any atom is 0.00623 e. The Bertz CT molecular complexity index is 69.9. The van der Waals surface area contributed by atoms with E-state index in [4.69, 9.17) is 0 Å². The van der Waals surface area contributed by atoms with Crippen LogP contribution >= 0.6 is 10.5 Å². The zero-order valence-electron chi connectivity index (χ0n) is 6.48. The fraction of sp³-hybridized carbons (Fsp3) is 1.00. The van der Waals surface area contributed by atoms with Gasteiger partial charge >= 0.3 is 0 Å². The Balaban J connectivity index is 3.07. The standard InChI is InChI=1S/C6H17NOS/c1-4-5-6-7-9(2,3)8/h7-8H,4-6H2,1-3H3. The van der Waals surface area contributed by atoms with Gasteiger partial charge < -0.3 is 4.55 Å². The number of nitrogens with one attached hydrogen (secondary N) is 1. The maximum absolute atomic E-state index is 9.22. The maximum atomic E-state index is 9.22. The first-order chi connectivity index (χ1) is 4.06. The van der Waals surface area contributed by atoms with Crippen molar-refractivity contribution in [3.63, 3.8) is 0 Å². The molecule has 0 bridgehead atoms. The number of hydrogen-bond donors (Lipinski definition) is 2. The minimum absolute atomic E-state index is 0.940. The molecule has 2 nitrogen and oxygen atoms in total. The van der Waals surface area contributed by atoms with Crippen LogP contribution in [0.1, 0.15) is 19.8 Å². The highest BCUT2D eigenvalue weighted by molar-refractivity contribution is 8.26. The van der Waals surface area contributed by atoms with Gasteiger partial charge in [0.05, 0.1) is 0 Å². The topological polar surface area (TPSA) is 32.3 Å². The van der Waals surface area contributed by atoms with Gasteiger partial charge in [-0.25, -0.2) is 0 Å². The number of hydrogen-bond acceptors (Lipinski definition) is 2. The van der Waals surface area contributed by atoms with Gasteiger partial charge in [0.15, 0.2) is 0 Å². The van der Waals surface area contributed by atoms with Gasteiger partial charge in [0.25, 0.3) is 0 Å². The van der Waals surface area contributed by atoms with Gasteiger partial charge in [0, 0.05) is 6.54 Å². The third kappa shape index (κ3) is 8.27. The summed E-state index contributed by atoms with van der Waals surface area (Å²) in [5.41, 5.74) is 0. The predicted molar refractivity (Wildman–Crippen MR) is 45.0 cm³/mol. The van der Waals surface area contributed by atoms with Crippen LogP contribution in [0, 0.1) is 0 Å². The third-order valence-corrected chi connectivity index (χ3v) is 1.90. The number of rotatable bonds is 4. The Morgan fingerprint density at radius 3 is 2.33 bits per heavy atom. The molecule has 0 aliphatic rings.